The van der Waals surface area contributed by atoms with E-state index in [2.05, 4.69) is 30.1 Å². The van der Waals surface area contributed by atoms with E-state index in [1.807, 2.05) is 19.9 Å². The second-order valence-electron chi connectivity index (χ2n) is 7.77. The summed E-state index contributed by atoms with van der Waals surface area (Å²) in [6.45, 7) is 10.5. The summed E-state index contributed by atoms with van der Waals surface area (Å²) in [6, 6.07) is 8.43. The molecular formula is C25H34ClF3N2O. The Morgan fingerprint density at radius 1 is 1.09 bits per heavy atom. The molecule has 2 aromatic carbocycles. The molecule has 0 spiro atoms. The predicted octanol–water partition coefficient (Wildman–Crippen LogP) is 7.65. The van der Waals surface area contributed by atoms with Gasteiger partial charge in [-0.15, -0.1) is 0 Å². The minimum absolute atomic E-state index is 0.283. The third-order valence-electron chi connectivity index (χ3n) is 5.97. The van der Waals surface area contributed by atoms with Crippen LogP contribution < -0.4 is 10.1 Å². The average Bonchev–Trinajstić information content (AvgIpc) is 2.78. The van der Waals surface area contributed by atoms with Crippen molar-refractivity contribution in [1.29, 1.82) is 0 Å². The number of anilines is 1. The third kappa shape index (κ3) is 6.32. The fraction of sp³-hybridized carbons (Fsp3) is 0.520. The summed E-state index contributed by atoms with van der Waals surface area (Å²) in [5, 5.41) is 2.84. The number of alkyl halides is 3. The molecule has 178 valence electrons. The van der Waals surface area contributed by atoms with Crippen molar-refractivity contribution in [2.24, 2.45) is 0 Å². The van der Waals surface area contributed by atoms with E-state index in [9.17, 15) is 13.2 Å². The summed E-state index contributed by atoms with van der Waals surface area (Å²) in [5.74, 6) is 0.892. The highest BCUT2D eigenvalue weighted by Crippen LogP contribution is 2.37. The Morgan fingerprint density at radius 2 is 1.81 bits per heavy atom. The van der Waals surface area contributed by atoms with E-state index < -0.39 is 11.7 Å². The quantitative estimate of drug-likeness (QED) is 0.469. The molecule has 1 N–H and O–H groups in total. The maximum Gasteiger partial charge on any atom is 0.417 e. The number of benzene rings is 2. The minimum atomic E-state index is -4.46. The van der Waals surface area contributed by atoms with Crippen LogP contribution in [0.4, 0.5) is 18.9 Å². The van der Waals surface area contributed by atoms with Gasteiger partial charge >= 0.3 is 6.18 Å². The largest absolute Gasteiger partial charge is 0.496 e. The van der Waals surface area contributed by atoms with E-state index in [1.54, 1.807) is 13.2 Å². The Labute approximate surface area is 194 Å². The van der Waals surface area contributed by atoms with Crippen molar-refractivity contribution in [3.63, 3.8) is 0 Å². The van der Waals surface area contributed by atoms with Gasteiger partial charge in [0, 0.05) is 24.8 Å². The normalized spacial score (nSPS) is 16.8. The van der Waals surface area contributed by atoms with Gasteiger partial charge in [0.15, 0.2) is 0 Å². The zero-order valence-corrected chi connectivity index (χ0v) is 20.3. The molecule has 3 rings (SSSR count). The molecule has 7 heteroatoms. The molecule has 0 aliphatic carbocycles. The maximum absolute atomic E-state index is 13.1. The molecule has 1 fully saturated rings. The van der Waals surface area contributed by atoms with E-state index >= 15 is 0 Å². The topological polar surface area (TPSA) is 24.5 Å². The molecule has 3 nitrogen and oxygen atoms in total. The van der Waals surface area contributed by atoms with Crippen molar-refractivity contribution in [3.8, 4) is 5.75 Å². The van der Waals surface area contributed by atoms with Gasteiger partial charge in [-0.25, -0.2) is 0 Å². The van der Waals surface area contributed by atoms with Gasteiger partial charge in [0.2, 0.25) is 0 Å². The first-order valence-corrected chi connectivity index (χ1v) is 11.6. The number of piperidine rings is 1. The average molecular weight is 471 g/mol. The van der Waals surface area contributed by atoms with Crippen LogP contribution in [0.5, 0.6) is 5.75 Å². The van der Waals surface area contributed by atoms with E-state index in [0.717, 1.165) is 43.3 Å². The summed E-state index contributed by atoms with van der Waals surface area (Å²) in [6.07, 6.45) is -1.09. The lowest BCUT2D eigenvalue weighted by molar-refractivity contribution is -0.137. The second-order valence-corrected chi connectivity index (χ2v) is 8.18. The third-order valence-corrected chi connectivity index (χ3v) is 6.30. The van der Waals surface area contributed by atoms with Gasteiger partial charge < -0.3 is 10.1 Å². The Hall–Kier alpha value is -1.92. The monoisotopic (exact) mass is 470 g/mol. The molecule has 0 aromatic heterocycles. The van der Waals surface area contributed by atoms with Crippen LogP contribution >= 0.6 is 11.6 Å². The first-order valence-electron chi connectivity index (χ1n) is 11.2. The number of halogens is 4. The summed E-state index contributed by atoms with van der Waals surface area (Å²) in [5.41, 5.74) is 3.32. The second kappa shape index (κ2) is 11.8. The maximum atomic E-state index is 13.1. The van der Waals surface area contributed by atoms with Crippen LogP contribution in [0.3, 0.4) is 0 Å². The van der Waals surface area contributed by atoms with Crippen LogP contribution in [-0.2, 0) is 6.18 Å². The van der Waals surface area contributed by atoms with Crippen LogP contribution in [0.25, 0.3) is 0 Å². The summed E-state index contributed by atoms with van der Waals surface area (Å²) >= 11 is 5.71. The highest BCUT2D eigenvalue weighted by atomic mass is 35.5. The van der Waals surface area contributed by atoms with Gasteiger partial charge in [0.25, 0.3) is 0 Å². The van der Waals surface area contributed by atoms with Crippen molar-refractivity contribution in [2.45, 2.75) is 59.2 Å². The lowest BCUT2D eigenvalue weighted by atomic mass is 9.90. The lowest BCUT2D eigenvalue weighted by Gasteiger charge is -2.37. The number of methoxy groups -OCH3 is 1. The van der Waals surface area contributed by atoms with Crippen molar-refractivity contribution < 1.29 is 17.9 Å². The molecule has 1 atom stereocenters. The summed E-state index contributed by atoms with van der Waals surface area (Å²) in [4.78, 5) is 2.42. The van der Waals surface area contributed by atoms with Crippen molar-refractivity contribution in [1.82, 2.24) is 4.90 Å². The molecular weight excluding hydrogens is 437 g/mol. The Bertz CT molecular complexity index is 886. The van der Waals surface area contributed by atoms with Gasteiger partial charge in [-0.1, -0.05) is 37.9 Å². The van der Waals surface area contributed by atoms with Crippen LogP contribution in [0, 0.1) is 13.8 Å². The van der Waals surface area contributed by atoms with Gasteiger partial charge in [-0.05, 0) is 74.2 Å². The number of nitrogens with zero attached hydrogens (tertiary/aromatic N) is 1. The van der Waals surface area contributed by atoms with Gasteiger partial charge in [0.1, 0.15) is 5.75 Å². The molecule has 0 amide bonds. The van der Waals surface area contributed by atoms with Crippen molar-refractivity contribution >= 4 is 17.3 Å². The number of hydrogen-bond acceptors (Lipinski definition) is 3. The van der Waals surface area contributed by atoms with Gasteiger partial charge in [0.05, 0.1) is 17.7 Å². The van der Waals surface area contributed by atoms with Crippen LogP contribution in [0.2, 0.25) is 5.02 Å². The SMILES string of the molecule is CC.COc1ccc(C2CCCCN2CCNc2ccc(Cl)c(C(F)(F)F)c2)c(C)c1C. The van der Waals surface area contributed by atoms with E-state index in [4.69, 9.17) is 16.3 Å². The lowest BCUT2D eigenvalue weighted by Crippen LogP contribution is -2.37. The number of ether oxygens (including phenoxy) is 1. The molecule has 1 unspecified atom stereocenters. The highest BCUT2D eigenvalue weighted by molar-refractivity contribution is 6.31. The predicted molar refractivity (Wildman–Crippen MR) is 127 cm³/mol. The first kappa shape index (κ1) is 26.3. The van der Waals surface area contributed by atoms with Crippen LogP contribution in [0.1, 0.15) is 61.4 Å². The summed E-state index contributed by atoms with van der Waals surface area (Å²) < 4.78 is 44.7. The standard InChI is InChI=1S/C23H28ClF3N2O.C2H6/c1-15-16(2)22(30-3)10-8-18(15)21-6-4-5-12-29(21)13-11-28-17-7-9-20(24)19(14-17)23(25,26)27;1-2/h7-10,14,21,28H,4-6,11-13H2,1-3H3;1-2H3. The molecule has 32 heavy (non-hydrogen) atoms. The molecule has 1 heterocycles. The number of rotatable bonds is 6. The van der Waals surface area contributed by atoms with Gasteiger partial charge in [-0.2, -0.15) is 13.2 Å². The number of hydrogen-bond donors (Lipinski definition) is 1. The molecule has 1 saturated heterocycles. The Kier molecular flexibility index (Phi) is 9.71. The first-order chi connectivity index (χ1) is 15.2. The fourth-order valence-corrected chi connectivity index (χ4v) is 4.43. The molecule has 0 radical (unpaired) electrons. The number of likely N-dealkylation sites (tertiary alicyclic amines) is 1. The molecule has 1 aliphatic rings. The molecule has 0 bridgehead atoms. The smallest absolute Gasteiger partial charge is 0.417 e. The Balaban J connectivity index is 0.00000176. The van der Waals surface area contributed by atoms with E-state index in [-0.39, 0.29) is 5.02 Å². The van der Waals surface area contributed by atoms with E-state index in [0.29, 0.717) is 18.3 Å². The fourth-order valence-electron chi connectivity index (χ4n) is 4.21. The van der Waals surface area contributed by atoms with Crippen LogP contribution in [-0.4, -0.2) is 31.6 Å². The van der Waals surface area contributed by atoms with Crippen molar-refractivity contribution in [2.75, 3.05) is 32.1 Å². The number of nitrogens with one attached hydrogen (secondary N) is 1. The van der Waals surface area contributed by atoms with Crippen LogP contribution in [0.15, 0.2) is 30.3 Å². The minimum Gasteiger partial charge on any atom is -0.496 e. The molecule has 2 aromatic rings. The van der Waals surface area contributed by atoms with Crippen molar-refractivity contribution in [3.05, 3.63) is 57.6 Å². The molecule has 0 saturated carbocycles. The van der Waals surface area contributed by atoms with Gasteiger partial charge in [-0.3, -0.25) is 4.90 Å². The highest BCUT2D eigenvalue weighted by Gasteiger charge is 2.33. The Morgan fingerprint density at radius 3 is 2.47 bits per heavy atom. The van der Waals surface area contributed by atoms with E-state index in [1.165, 1.54) is 23.6 Å². The zero-order valence-electron chi connectivity index (χ0n) is 19.6. The zero-order chi connectivity index (χ0) is 23.9. The summed E-state index contributed by atoms with van der Waals surface area (Å²) in [7, 11) is 1.68. The molecule has 1 aliphatic heterocycles.